The Bertz CT molecular complexity index is 1920. The van der Waals surface area contributed by atoms with Crippen molar-refractivity contribution in [3.05, 3.63) is 106 Å². The molecule has 3 aromatic rings. The van der Waals surface area contributed by atoms with Crippen LogP contribution in [0.5, 0.6) is 0 Å². The Balaban J connectivity index is 0.000000524. The van der Waals surface area contributed by atoms with Gasteiger partial charge in [0.1, 0.15) is 0 Å². The van der Waals surface area contributed by atoms with Crippen LogP contribution in [0.4, 0.5) is 0 Å². The van der Waals surface area contributed by atoms with Crippen molar-refractivity contribution in [2.75, 3.05) is 39.6 Å². The number of ether oxygens (including phenoxy) is 2. The van der Waals surface area contributed by atoms with Crippen molar-refractivity contribution in [3.63, 3.8) is 0 Å². The third-order valence-electron chi connectivity index (χ3n) is 10.1. The Morgan fingerprint density at radius 1 is 0.463 bits per heavy atom. The van der Waals surface area contributed by atoms with Gasteiger partial charge in [-0.15, -0.1) is 0 Å². The van der Waals surface area contributed by atoms with Gasteiger partial charge in [-0.05, 0) is 131 Å². The molecule has 0 heterocycles. The second kappa shape index (κ2) is 32.9. The number of hydrogen-bond donors (Lipinski definition) is 3. The molecule has 0 radical (unpaired) electrons. The molecule has 0 aliphatic carbocycles. The number of carboxylic acids is 1. The van der Waals surface area contributed by atoms with Crippen LogP contribution in [0.3, 0.4) is 0 Å². The average Bonchev–Trinajstić information content (AvgIpc) is 3.25. The number of carbonyl (C=O) groups excluding carboxylic acids is 2. The van der Waals surface area contributed by atoms with E-state index in [1.54, 1.807) is 27.7 Å². The maximum absolute atomic E-state index is 12.2. The molecule has 16 heteroatoms. The molecule has 3 atom stereocenters. The molecule has 0 bridgehead atoms. The van der Waals surface area contributed by atoms with E-state index in [2.05, 4.69) is 58.2 Å². The van der Waals surface area contributed by atoms with Gasteiger partial charge in [0, 0.05) is 0 Å². The highest BCUT2D eigenvalue weighted by Gasteiger charge is 2.25. The lowest BCUT2D eigenvalue weighted by molar-refractivity contribution is -0.146. The molecule has 14 nitrogen and oxygen atoms in total. The molecular weight excluding hydrogens is 898 g/mol. The van der Waals surface area contributed by atoms with Crippen molar-refractivity contribution in [3.8, 4) is 0 Å². The topological polar surface area (TPSA) is 201 Å². The molecule has 0 amide bonds. The molecule has 0 fully saturated rings. The molecule has 0 aliphatic rings. The molecule has 0 spiro atoms. The number of aliphatic carboxylic acids is 1. The van der Waals surface area contributed by atoms with Crippen molar-refractivity contribution in [2.45, 2.75) is 139 Å². The predicted octanol–water partition coefficient (Wildman–Crippen LogP) is 12.0. The fourth-order valence-corrected chi connectivity index (χ4v) is 8.02. The summed E-state index contributed by atoms with van der Waals surface area (Å²) in [7, 11) is -7.87. The lowest BCUT2D eigenvalue weighted by atomic mass is 9.97. The summed E-state index contributed by atoms with van der Waals surface area (Å²) in [6, 6.07) is 24.0. The fourth-order valence-electron chi connectivity index (χ4n) is 6.45. The molecule has 0 aliphatic heterocycles. The second-order valence-electron chi connectivity index (χ2n) is 17.7. The summed E-state index contributed by atoms with van der Waals surface area (Å²) in [6.45, 7) is 23.0. The van der Waals surface area contributed by atoms with E-state index < -0.39 is 27.5 Å². The van der Waals surface area contributed by atoms with Gasteiger partial charge in [0.05, 0.1) is 57.4 Å². The number of hydrogen-bond acceptors (Lipinski definition) is 11. The summed E-state index contributed by atoms with van der Waals surface area (Å²) < 4.78 is 52.8. The number of esters is 2. The normalized spacial score (nSPS) is 13.0. The molecule has 67 heavy (non-hydrogen) atoms. The van der Waals surface area contributed by atoms with Gasteiger partial charge in [0.15, 0.2) is 0 Å². The molecule has 378 valence electrons. The zero-order valence-electron chi connectivity index (χ0n) is 41.8. The van der Waals surface area contributed by atoms with E-state index in [0.717, 1.165) is 36.0 Å². The van der Waals surface area contributed by atoms with Crippen LogP contribution in [-0.2, 0) is 70.3 Å². The van der Waals surface area contributed by atoms with E-state index in [0.29, 0.717) is 50.0 Å². The molecule has 0 saturated heterocycles. The number of rotatable bonds is 28. The van der Waals surface area contributed by atoms with Gasteiger partial charge in [-0.25, -0.2) is 9.13 Å². The monoisotopic (exact) mass is 979 g/mol. The predicted molar refractivity (Wildman–Crippen MR) is 263 cm³/mol. The molecule has 3 unspecified atom stereocenters. The molecule has 3 N–H and O–H groups in total. The zero-order chi connectivity index (χ0) is 50.6. The van der Waals surface area contributed by atoms with Gasteiger partial charge >= 0.3 is 33.6 Å². The summed E-state index contributed by atoms with van der Waals surface area (Å²) in [6.07, 6.45) is 5.19. The molecule has 3 rings (SSSR count). The summed E-state index contributed by atoms with van der Waals surface area (Å²) >= 11 is 0. The second-order valence-corrected chi connectivity index (χ2v) is 20.6. The van der Waals surface area contributed by atoms with Crippen LogP contribution in [-0.4, -0.2) is 72.4 Å². The summed E-state index contributed by atoms with van der Waals surface area (Å²) in [5.41, 5.74) is 6.53. The van der Waals surface area contributed by atoms with Crippen molar-refractivity contribution in [1.29, 1.82) is 0 Å². The van der Waals surface area contributed by atoms with Gasteiger partial charge in [-0.3, -0.25) is 32.5 Å². The third-order valence-corrected chi connectivity index (χ3v) is 12.3. The standard InChI is InChI=1S/C21H35O6P.C17H27O6P.C13H18O2/c1-6-25-28(23,26-7-2)27-15-9-8-14-24-21(22)18(5)20-12-10-19(11-13-20)16-17(3)4;1-13(2)12-15-6-8-16(9-7-15)14(3)17(18)22-10-4-5-11-23-24(19,20)21;1-9(2)8-11-4-6-12(7-5-11)10(3)13(14)15/h10-13,17-18H,6-9,14-16H2,1-5H3;6-9,13-14H,4-5,10-12H2,1-3H3,(H2,19,20,21);4-7,9-10H,8H2,1-3H3,(H,14,15). The summed E-state index contributed by atoms with van der Waals surface area (Å²) in [4.78, 5) is 52.1. The highest BCUT2D eigenvalue weighted by molar-refractivity contribution is 7.48. The Kier molecular flexibility index (Phi) is 30.1. The van der Waals surface area contributed by atoms with Crippen LogP contribution in [0.1, 0.15) is 153 Å². The van der Waals surface area contributed by atoms with E-state index in [-0.39, 0.29) is 56.8 Å². The van der Waals surface area contributed by atoms with E-state index in [9.17, 15) is 23.5 Å². The van der Waals surface area contributed by atoms with Gasteiger partial charge in [0.25, 0.3) is 0 Å². The zero-order valence-corrected chi connectivity index (χ0v) is 43.6. The first-order valence-electron chi connectivity index (χ1n) is 23.6. The first-order valence-corrected chi connectivity index (χ1v) is 26.6. The van der Waals surface area contributed by atoms with Crippen molar-refractivity contribution in [2.24, 2.45) is 17.8 Å². The van der Waals surface area contributed by atoms with E-state index in [1.165, 1.54) is 16.7 Å². The smallest absolute Gasteiger partial charge is 0.474 e. The summed E-state index contributed by atoms with van der Waals surface area (Å²) in [5, 5.41) is 8.85. The van der Waals surface area contributed by atoms with Crippen LogP contribution in [0.2, 0.25) is 0 Å². The number of benzene rings is 3. The number of phosphoric acid groups is 2. The largest absolute Gasteiger partial charge is 0.481 e. The van der Waals surface area contributed by atoms with Crippen molar-refractivity contribution in [1.82, 2.24) is 0 Å². The summed E-state index contributed by atoms with van der Waals surface area (Å²) in [5.74, 6) is -0.558. The minimum Gasteiger partial charge on any atom is -0.481 e. The van der Waals surface area contributed by atoms with Crippen LogP contribution in [0.15, 0.2) is 72.8 Å². The van der Waals surface area contributed by atoms with Crippen LogP contribution < -0.4 is 0 Å². The first kappa shape index (κ1) is 61.3. The SMILES string of the molecule is CC(C)Cc1ccc(C(C)C(=O)O)cc1.CC(C)Cc1ccc(C(C)C(=O)OCCCCOP(=O)(O)O)cc1.CCOP(=O)(OCC)OCCCCOC(=O)C(C)c1ccc(CC(C)C)cc1. The Hall–Kier alpha value is -3.71. The highest BCUT2D eigenvalue weighted by atomic mass is 31.2. The number of phosphoric ester groups is 2. The molecule has 0 saturated carbocycles. The van der Waals surface area contributed by atoms with Gasteiger partial charge < -0.3 is 24.4 Å². The minimum absolute atomic E-state index is 0.0608. The van der Waals surface area contributed by atoms with Crippen LogP contribution >= 0.6 is 15.6 Å². The molecular formula is C51H80O14P2. The Labute approximate surface area is 400 Å². The van der Waals surface area contributed by atoms with Crippen LogP contribution in [0, 0.1) is 17.8 Å². The lowest BCUT2D eigenvalue weighted by Gasteiger charge is -2.16. The van der Waals surface area contributed by atoms with Crippen molar-refractivity contribution >= 4 is 33.6 Å². The number of carbonyl (C=O) groups is 3. The quantitative estimate of drug-likeness (QED) is 0.0352. The number of unbranched alkanes of at least 4 members (excludes halogenated alkanes) is 2. The van der Waals surface area contributed by atoms with E-state index >= 15 is 0 Å². The van der Waals surface area contributed by atoms with E-state index in [4.69, 9.17) is 37.9 Å². The minimum atomic E-state index is -4.41. The van der Waals surface area contributed by atoms with Gasteiger partial charge in [0.2, 0.25) is 0 Å². The third kappa shape index (κ3) is 27.8. The van der Waals surface area contributed by atoms with Crippen molar-refractivity contribution < 1.29 is 66.0 Å². The average molecular weight is 979 g/mol. The number of carboxylic acid groups (broad SMARTS) is 1. The fraction of sp³-hybridized carbons (Fsp3) is 0.588. The molecule has 3 aromatic carbocycles. The highest BCUT2D eigenvalue weighted by Crippen LogP contribution is 2.49. The molecule has 0 aromatic heterocycles. The van der Waals surface area contributed by atoms with Crippen LogP contribution in [0.25, 0.3) is 0 Å². The van der Waals surface area contributed by atoms with Gasteiger partial charge in [-0.2, -0.15) is 0 Å². The maximum Gasteiger partial charge on any atom is 0.474 e. The Morgan fingerprint density at radius 3 is 1.04 bits per heavy atom. The Morgan fingerprint density at radius 2 is 0.761 bits per heavy atom. The van der Waals surface area contributed by atoms with Gasteiger partial charge in [-0.1, -0.05) is 114 Å². The lowest BCUT2D eigenvalue weighted by Crippen LogP contribution is -2.14. The van der Waals surface area contributed by atoms with E-state index in [1.807, 2.05) is 67.6 Å². The maximum atomic E-state index is 12.2. The first-order chi connectivity index (χ1) is 31.5.